The van der Waals surface area contributed by atoms with Crippen LogP contribution in [0.4, 0.5) is 0 Å². The summed E-state index contributed by atoms with van der Waals surface area (Å²) in [5.41, 5.74) is -3.99. The summed E-state index contributed by atoms with van der Waals surface area (Å²) in [5.74, 6) is -3.00. The maximum Gasteiger partial charge on any atom is 0.335 e. The fourth-order valence-corrected chi connectivity index (χ4v) is 6.13. The van der Waals surface area contributed by atoms with Gasteiger partial charge in [-0.3, -0.25) is 19.2 Å². The lowest BCUT2D eigenvalue weighted by Gasteiger charge is -2.56. The van der Waals surface area contributed by atoms with Crippen molar-refractivity contribution in [3.63, 3.8) is 0 Å². The highest BCUT2D eigenvalue weighted by molar-refractivity contribution is 6.35. The summed E-state index contributed by atoms with van der Waals surface area (Å²) in [5, 5.41) is 14.4. The maximum absolute atomic E-state index is 14.1. The van der Waals surface area contributed by atoms with Crippen LogP contribution in [0.15, 0.2) is 24.3 Å². The smallest absolute Gasteiger partial charge is 0.335 e. The van der Waals surface area contributed by atoms with Crippen molar-refractivity contribution in [3.8, 4) is 5.75 Å². The number of amides is 2. The van der Waals surface area contributed by atoms with Gasteiger partial charge in [0.1, 0.15) is 5.75 Å². The highest BCUT2D eigenvalue weighted by atomic mass is 16.5. The predicted octanol–water partition coefficient (Wildman–Crippen LogP) is 7.19. The van der Waals surface area contributed by atoms with E-state index in [9.17, 15) is 29.1 Å². The number of unbranched alkanes of at least 4 members (excludes halogenated alkanes) is 1. The van der Waals surface area contributed by atoms with E-state index in [2.05, 4.69) is 59.1 Å². The van der Waals surface area contributed by atoms with E-state index in [1.54, 1.807) is 0 Å². The van der Waals surface area contributed by atoms with Gasteiger partial charge < -0.3 is 25.2 Å². The molecule has 0 saturated carbocycles. The van der Waals surface area contributed by atoms with Crippen molar-refractivity contribution < 1.29 is 38.6 Å². The third kappa shape index (κ3) is 10.8. The second-order valence-corrected chi connectivity index (χ2v) is 16.9. The van der Waals surface area contributed by atoms with Crippen LogP contribution < -0.4 is 15.4 Å². The fraction of sp³-hybridized carbons (Fsp3) is 0.711. The lowest BCUT2D eigenvalue weighted by molar-refractivity contribution is -0.179. The summed E-state index contributed by atoms with van der Waals surface area (Å²) in [6, 6.07) is 5.75. The number of aromatic carboxylic acids is 1. The van der Waals surface area contributed by atoms with Crippen molar-refractivity contribution in [1.29, 1.82) is 0 Å². The second kappa shape index (κ2) is 16.3. The first kappa shape index (κ1) is 42.6. The van der Waals surface area contributed by atoms with Gasteiger partial charge in [-0.2, -0.15) is 0 Å². The number of hydrogen-bond acceptors (Lipinski definition) is 7. The van der Waals surface area contributed by atoms with E-state index in [4.69, 9.17) is 9.47 Å². The van der Waals surface area contributed by atoms with E-state index in [0.29, 0.717) is 25.8 Å². The van der Waals surface area contributed by atoms with Crippen molar-refractivity contribution in [1.82, 2.24) is 10.6 Å². The summed E-state index contributed by atoms with van der Waals surface area (Å²) in [6.07, 6.45) is 2.93. The first-order valence-corrected chi connectivity index (χ1v) is 17.0. The molecule has 0 saturated heterocycles. The molecule has 0 aliphatic rings. The van der Waals surface area contributed by atoms with Crippen molar-refractivity contribution >= 4 is 29.7 Å². The largest absolute Gasteiger partial charge is 0.478 e. The zero-order valence-electron chi connectivity index (χ0n) is 31.8. The molecule has 0 heterocycles. The number of esters is 2. The molecule has 0 spiro atoms. The van der Waals surface area contributed by atoms with Crippen LogP contribution in [-0.2, 0) is 23.9 Å². The molecule has 48 heavy (non-hydrogen) atoms. The molecule has 3 N–H and O–H groups in total. The van der Waals surface area contributed by atoms with Crippen LogP contribution in [0.1, 0.15) is 132 Å². The Kier molecular flexibility index (Phi) is 14.5. The predicted molar refractivity (Wildman–Crippen MR) is 187 cm³/mol. The molecule has 1 aromatic rings. The topological polar surface area (TPSA) is 148 Å². The molecule has 0 aliphatic carbocycles. The monoisotopic (exact) mass is 674 g/mol. The van der Waals surface area contributed by atoms with Crippen molar-refractivity contribution in [2.45, 2.75) is 122 Å². The molecular formula is C38H62N2O8. The minimum absolute atomic E-state index is 0.0690. The van der Waals surface area contributed by atoms with Gasteiger partial charge in [-0.05, 0) is 85.5 Å². The van der Waals surface area contributed by atoms with E-state index in [-0.39, 0.29) is 35.8 Å². The minimum Gasteiger partial charge on any atom is -0.478 e. The maximum atomic E-state index is 14.1. The molecular weight excluding hydrogens is 612 g/mol. The fourth-order valence-electron chi connectivity index (χ4n) is 6.13. The van der Waals surface area contributed by atoms with Gasteiger partial charge in [-0.15, -0.1) is 0 Å². The Hall–Kier alpha value is -3.43. The van der Waals surface area contributed by atoms with Gasteiger partial charge in [0.15, 0.2) is 0 Å². The molecule has 2 amide bonds. The van der Waals surface area contributed by atoms with Crippen LogP contribution >= 0.6 is 0 Å². The summed E-state index contributed by atoms with van der Waals surface area (Å²) < 4.78 is 11.7. The van der Waals surface area contributed by atoms with Gasteiger partial charge in [0.05, 0.1) is 23.0 Å². The first-order valence-electron chi connectivity index (χ1n) is 17.0. The number of carboxylic acid groups (broad SMARTS) is 1. The highest BCUT2D eigenvalue weighted by Crippen LogP contribution is 2.61. The third-order valence-electron chi connectivity index (χ3n) is 10.5. The van der Waals surface area contributed by atoms with Crippen LogP contribution in [0.2, 0.25) is 0 Å². The first-order chi connectivity index (χ1) is 21.8. The summed E-state index contributed by atoms with van der Waals surface area (Å²) >= 11 is 0. The number of carbonyl (C=O) groups is 5. The highest BCUT2D eigenvalue weighted by Gasteiger charge is 2.60. The van der Waals surface area contributed by atoms with Crippen LogP contribution in [0.3, 0.4) is 0 Å². The average molecular weight is 675 g/mol. The Morgan fingerprint density at radius 3 is 1.62 bits per heavy atom. The Labute approximate surface area is 288 Å². The van der Waals surface area contributed by atoms with Gasteiger partial charge in [0.2, 0.25) is 0 Å². The van der Waals surface area contributed by atoms with Crippen LogP contribution in [0.25, 0.3) is 0 Å². The lowest BCUT2D eigenvalue weighted by Crippen LogP contribution is -2.56. The van der Waals surface area contributed by atoms with E-state index < -0.39 is 50.8 Å². The van der Waals surface area contributed by atoms with Crippen molar-refractivity contribution in [3.05, 3.63) is 29.8 Å². The molecule has 0 fully saturated rings. The van der Waals surface area contributed by atoms with Gasteiger partial charge in [-0.25, -0.2) is 4.79 Å². The molecule has 10 nitrogen and oxygen atoms in total. The third-order valence-corrected chi connectivity index (χ3v) is 10.5. The molecule has 272 valence electrons. The van der Waals surface area contributed by atoms with Crippen molar-refractivity contribution in [2.75, 3.05) is 19.7 Å². The van der Waals surface area contributed by atoms with E-state index in [1.807, 2.05) is 41.5 Å². The SMILES string of the molecule is CCCCNC(=O)C(=O)NCCCOC(=O)C(C)(CC(C)(C)C)C(C)(C)C(C)(C)CC(C)(C(=O)Oc1ccc(C(=O)O)cc1)C(C)(C)C. The van der Waals surface area contributed by atoms with Gasteiger partial charge in [-0.1, -0.05) is 82.6 Å². The summed E-state index contributed by atoms with van der Waals surface area (Å²) in [7, 11) is 0. The number of carboxylic acids is 1. The second-order valence-electron chi connectivity index (χ2n) is 16.9. The van der Waals surface area contributed by atoms with Gasteiger partial charge in [0.25, 0.3) is 0 Å². The number of ether oxygens (including phenoxy) is 2. The number of hydrogen-bond donors (Lipinski definition) is 3. The van der Waals surface area contributed by atoms with Crippen LogP contribution in [-0.4, -0.2) is 54.5 Å². The number of benzene rings is 1. The van der Waals surface area contributed by atoms with E-state index >= 15 is 0 Å². The molecule has 2 unspecified atom stereocenters. The molecule has 0 aliphatic heterocycles. The minimum atomic E-state index is -1.07. The van der Waals surface area contributed by atoms with Gasteiger partial charge >= 0.3 is 29.7 Å². The molecule has 0 radical (unpaired) electrons. The zero-order chi connectivity index (χ0) is 37.4. The number of rotatable bonds is 16. The molecule has 10 heteroatoms. The Morgan fingerprint density at radius 1 is 0.688 bits per heavy atom. The zero-order valence-corrected chi connectivity index (χ0v) is 31.8. The van der Waals surface area contributed by atoms with Crippen LogP contribution in [0.5, 0.6) is 5.75 Å². The summed E-state index contributed by atoms with van der Waals surface area (Å²) in [4.78, 5) is 63.4. The molecule has 1 rings (SSSR count). The van der Waals surface area contributed by atoms with E-state index in [0.717, 1.165) is 12.8 Å². The lowest BCUT2D eigenvalue weighted by atomic mass is 9.47. The average Bonchev–Trinajstić information content (AvgIpc) is 2.95. The quantitative estimate of drug-likeness (QED) is 0.0722. The number of carbonyl (C=O) groups excluding carboxylic acids is 4. The molecule has 0 bridgehead atoms. The molecule has 1 aromatic carbocycles. The van der Waals surface area contributed by atoms with Crippen LogP contribution in [0, 0.1) is 32.5 Å². The molecule has 0 aromatic heterocycles. The number of nitrogens with one attached hydrogen (secondary N) is 2. The normalized spacial score (nSPS) is 15.0. The van der Waals surface area contributed by atoms with Crippen molar-refractivity contribution in [2.24, 2.45) is 32.5 Å². The van der Waals surface area contributed by atoms with E-state index in [1.165, 1.54) is 24.3 Å². The molecule has 2 atom stereocenters. The Bertz CT molecular complexity index is 1290. The Balaban J connectivity index is 3.24. The Morgan fingerprint density at radius 2 is 1.19 bits per heavy atom. The summed E-state index contributed by atoms with van der Waals surface area (Å²) in [6.45, 7) is 26.9. The standard InChI is InChI=1S/C38H62N2O8/c1-14-15-21-39-28(41)29(42)40-22-16-23-47-31(45)38(13,24-33(2,3)4)36(10,11)35(8,9)25-37(12,34(5,6)7)32(46)48-27-19-17-26(18-20-27)30(43)44/h17-20H,14-16,21-25H2,1-13H3,(H,39,41)(H,40,42)(H,43,44). The van der Waals surface area contributed by atoms with Gasteiger partial charge in [0, 0.05) is 13.1 Å².